The van der Waals surface area contributed by atoms with Crippen molar-refractivity contribution >= 4 is 0 Å². The molecule has 0 aliphatic rings. The van der Waals surface area contributed by atoms with Gasteiger partial charge in [-0.05, 0) is 134 Å². The summed E-state index contributed by atoms with van der Waals surface area (Å²) in [6.07, 6.45) is 12.0. The minimum absolute atomic E-state index is 0.750. The zero-order valence-corrected chi connectivity index (χ0v) is 27.9. The van der Waals surface area contributed by atoms with Crippen molar-refractivity contribution < 1.29 is 0 Å². The first-order valence-corrected chi connectivity index (χ1v) is 14.7. The maximum Gasteiger partial charge on any atom is 0.00608 e. The monoisotopic (exact) mass is 503 g/mol. The molecule has 0 rings (SSSR count). The first-order valence-electron chi connectivity index (χ1n) is 14.7. The molecule has 1 unspecified atom stereocenters. The second kappa shape index (κ2) is 30.1. The largest absolute Gasteiger partial charge is 0.309 e. The standard InChI is InChI=1S/3C8H19N.C7H17N/c2*1-8(2)6-5-7-9(3)4;1-5-6-7-8(2)9(3)4;1-5-6-7(2)8(3)4/h3*8H,5-7H2,1-4H3;7H,5-6H2,1-4H3/t;;;7-/m...0/s1. The zero-order valence-electron chi connectivity index (χ0n) is 27.9. The van der Waals surface area contributed by atoms with Crippen LogP contribution in [0.15, 0.2) is 0 Å². The molecule has 35 heavy (non-hydrogen) atoms. The molecule has 0 aromatic rings. The van der Waals surface area contributed by atoms with E-state index in [1.54, 1.807) is 0 Å². The van der Waals surface area contributed by atoms with Crippen molar-refractivity contribution in [1.82, 2.24) is 19.6 Å². The van der Waals surface area contributed by atoms with Gasteiger partial charge in [0, 0.05) is 12.1 Å². The normalized spacial score (nSPS) is 12.9. The number of unbranched alkanes of at least 4 members (excludes halogenated alkanes) is 1. The van der Waals surface area contributed by atoms with E-state index in [-0.39, 0.29) is 0 Å². The Hall–Kier alpha value is -0.160. The molecule has 0 amide bonds. The molecule has 0 heterocycles. The fraction of sp³-hybridized carbons (Fsp3) is 1.00. The molecule has 218 valence electrons. The van der Waals surface area contributed by atoms with Gasteiger partial charge in [-0.3, -0.25) is 0 Å². The Morgan fingerprint density at radius 1 is 0.429 bits per heavy atom. The van der Waals surface area contributed by atoms with Crippen LogP contribution in [0.1, 0.15) is 113 Å². The van der Waals surface area contributed by atoms with E-state index in [9.17, 15) is 0 Å². The Balaban J connectivity index is -0.000000183. The third-order valence-electron chi connectivity index (χ3n) is 6.22. The number of hydrogen-bond acceptors (Lipinski definition) is 4. The highest BCUT2D eigenvalue weighted by molar-refractivity contribution is 4.58. The molecule has 0 spiro atoms. The lowest BCUT2D eigenvalue weighted by Gasteiger charge is -2.18. The summed E-state index contributed by atoms with van der Waals surface area (Å²) in [4.78, 5) is 9.00. The maximum absolute atomic E-state index is 2.27. The van der Waals surface area contributed by atoms with E-state index in [1.807, 2.05) is 0 Å². The summed E-state index contributed by atoms with van der Waals surface area (Å²) in [7, 11) is 17.0. The molecule has 0 aliphatic carbocycles. The summed E-state index contributed by atoms with van der Waals surface area (Å²) in [5, 5.41) is 0. The molecule has 0 radical (unpaired) electrons. The van der Waals surface area contributed by atoms with E-state index in [2.05, 4.69) is 131 Å². The van der Waals surface area contributed by atoms with Gasteiger partial charge in [0.15, 0.2) is 0 Å². The van der Waals surface area contributed by atoms with Gasteiger partial charge in [-0.1, -0.05) is 60.8 Å². The third kappa shape index (κ3) is 47.6. The lowest BCUT2D eigenvalue weighted by Crippen LogP contribution is -2.24. The van der Waals surface area contributed by atoms with Gasteiger partial charge in [-0.15, -0.1) is 0 Å². The van der Waals surface area contributed by atoms with Crippen LogP contribution in [0.3, 0.4) is 0 Å². The number of hydrogen-bond donors (Lipinski definition) is 0. The summed E-state index contributed by atoms with van der Waals surface area (Å²) < 4.78 is 0. The molecular weight excluding hydrogens is 428 g/mol. The minimum atomic E-state index is 0.750. The van der Waals surface area contributed by atoms with Crippen LogP contribution in [-0.4, -0.2) is 101 Å². The van der Waals surface area contributed by atoms with Gasteiger partial charge >= 0.3 is 0 Å². The van der Waals surface area contributed by atoms with Crippen LogP contribution in [0.2, 0.25) is 0 Å². The predicted molar refractivity (Wildman–Crippen MR) is 166 cm³/mol. The fourth-order valence-electron chi connectivity index (χ4n) is 3.07. The molecule has 0 aliphatic heterocycles. The quantitative estimate of drug-likeness (QED) is 0.226. The number of rotatable bonds is 15. The van der Waals surface area contributed by atoms with Crippen molar-refractivity contribution in [2.45, 2.75) is 125 Å². The zero-order chi connectivity index (χ0) is 28.4. The molecule has 0 saturated carbocycles. The van der Waals surface area contributed by atoms with Gasteiger partial charge in [-0.25, -0.2) is 0 Å². The van der Waals surface area contributed by atoms with Crippen molar-refractivity contribution in [3.05, 3.63) is 0 Å². The Bertz CT molecular complexity index is 331. The van der Waals surface area contributed by atoms with Crippen LogP contribution < -0.4 is 0 Å². The Morgan fingerprint density at radius 3 is 0.971 bits per heavy atom. The maximum atomic E-state index is 2.27. The summed E-state index contributed by atoms with van der Waals surface area (Å²) in [5.74, 6) is 1.73. The Labute approximate surface area is 226 Å². The van der Waals surface area contributed by atoms with E-state index in [1.165, 1.54) is 70.9 Å². The Morgan fingerprint density at radius 2 is 0.771 bits per heavy atom. The predicted octanol–water partition coefficient (Wildman–Crippen LogP) is 7.83. The smallest absolute Gasteiger partial charge is 0.00608 e. The highest BCUT2D eigenvalue weighted by atomic mass is 15.1. The molecule has 0 aromatic heterocycles. The lowest BCUT2D eigenvalue weighted by molar-refractivity contribution is 0.293. The van der Waals surface area contributed by atoms with Crippen molar-refractivity contribution in [3.8, 4) is 0 Å². The van der Waals surface area contributed by atoms with Crippen molar-refractivity contribution in [1.29, 1.82) is 0 Å². The SMILES string of the molecule is CC(C)CCCN(C)C.CC(C)CCCN(C)C.CCCCC(C)N(C)C.CCC[C@H](C)N(C)C. The highest BCUT2D eigenvalue weighted by Crippen LogP contribution is 2.04. The van der Waals surface area contributed by atoms with Gasteiger partial charge in [-0.2, -0.15) is 0 Å². The summed E-state index contributed by atoms with van der Waals surface area (Å²) in [5.41, 5.74) is 0. The van der Waals surface area contributed by atoms with E-state index in [0.717, 1.165) is 23.9 Å². The van der Waals surface area contributed by atoms with Gasteiger partial charge in [0.25, 0.3) is 0 Å². The van der Waals surface area contributed by atoms with Crippen LogP contribution in [0.5, 0.6) is 0 Å². The van der Waals surface area contributed by atoms with E-state index in [4.69, 9.17) is 0 Å². The molecule has 4 nitrogen and oxygen atoms in total. The van der Waals surface area contributed by atoms with Crippen LogP contribution in [-0.2, 0) is 0 Å². The molecule has 0 N–H and O–H groups in total. The number of nitrogens with zero attached hydrogens (tertiary/aromatic N) is 4. The second-order valence-electron chi connectivity index (χ2n) is 12.2. The van der Waals surface area contributed by atoms with Crippen LogP contribution in [0, 0.1) is 11.8 Å². The van der Waals surface area contributed by atoms with Gasteiger partial charge in [0.2, 0.25) is 0 Å². The topological polar surface area (TPSA) is 13.0 Å². The Kier molecular flexibility index (Phi) is 36.0. The first-order chi connectivity index (χ1) is 16.1. The van der Waals surface area contributed by atoms with Crippen molar-refractivity contribution in [2.75, 3.05) is 69.5 Å². The summed E-state index contributed by atoms with van der Waals surface area (Å²) in [6.45, 7) is 20.6. The molecule has 2 atom stereocenters. The second-order valence-corrected chi connectivity index (χ2v) is 12.2. The highest BCUT2D eigenvalue weighted by Gasteiger charge is 2.01. The average Bonchev–Trinajstić information content (AvgIpc) is 2.72. The van der Waals surface area contributed by atoms with E-state index in [0.29, 0.717) is 0 Å². The molecule has 0 bridgehead atoms. The molecular formula is C31H74N4. The third-order valence-corrected chi connectivity index (χ3v) is 6.22. The molecule has 0 aromatic carbocycles. The summed E-state index contributed by atoms with van der Waals surface area (Å²) in [6, 6.07) is 1.50. The minimum Gasteiger partial charge on any atom is -0.309 e. The molecule has 4 heteroatoms. The van der Waals surface area contributed by atoms with Crippen molar-refractivity contribution in [3.63, 3.8) is 0 Å². The van der Waals surface area contributed by atoms with Gasteiger partial charge < -0.3 is 19.6 Å². The molecule has 0 saturated heterocycles. The van der Waals surface area contributed by atoms with Gasteiger partial charge in [0.05, 0.1) is 0 Å². The first kappa shape index (κ1) is 41.9. The van der Waals surface area contributed by atoms with Crippen LogP contribution >= 0.6 is 0 Å². The van der Waals surface area contributed by atoms with E-state index < -0.39 is 0 Å². The van der Waals surface area contributed by atoms with Crippen LogP contribution in [0.25, 0.3) is 0 Å². The summed E-state index contributed by atoms with van der Waals surface area (Å²) >= 11 is 0. The fourth-order valence-corrected chi connectivity index (χ4v) is 3.07. The lowest BCUT2D eigenvalue weighted by atomic mass is 10.1. The van der Waals surface area contributed by atoms with Crippen LogP contribution in [0.4, 0.5) is 0 Å². The van der Waals surface area contributed by atoms with E-state index >= 15 is 0 Å². The van der Waals surface area contributed by atoms with Gasteiger partial charge in [0.1, 0.15) is 0 Å². The average molecular weight is 503 g/mol. The molecule has 0 fully saturated rings. The van der Waals surface area contributed by atoms with Crippen molar-refractivity contribution in [2.24, 2.45) is 11.8 Å².